The summed E-state index contributed by atoms with van der Waals surface area (Å²) in [5.74, 6) is 3.38. The van der Waals surface area contributed by atoms with Gasteiger partial charge in [0.15, 0.2) is 12.4 Å². The number of aryl methyl sites for hydroxylation is 2. The van der Waals surface area contributed by atoms with Crippen LogP contribution in [0.2, 0.25) is 0 Å². The highest BCUT2D eigenvalue weighted by Gasteiger charge is 2.51. The number of hydrogen-bond acceptors (Lipinski definition) is 5. The van der Waals surface area contributed by atoms with Gasteiger partial charge in [0.2, 0.25) is 5.78 Å². The molecule has 2 heterocycles. The summed E-state index contributed by atoms with van der Waals surface area (Å²) in [6, 6.07) is 3.66. The molecule has 0 spiro atoms. The lowest BCUT2D eigenvalue weighted by molar-refractivity contribution is -0.150. The highest BCUT2D eigenvalue weighted by Crippen LogP contribution is 2.61. The topological polar surface area (TPSA) is 74.3 Å². The van der Waals surface area contributed by atoms with Crippen molar-refractivity contribution in [3.63, 3.8) is 0 Å². The lowest BCUT2D eigenvalue weighted by atomic mass is 9.49. The van der Waals surface area contributed by atoms with E-state index in [1.54, 1.807) is 0 Å². The Kier molecular flexibility index (Phi) is 4.64. The van der Waals surface area contributed by atoms with Gasteiger partial charge in [0.25, 0.3) is 0 Å². The van der Waals surface area contributed by atoms with Gasteiger partial charge in [0.05, 0.1) is 6.42 Å². The number of nitrogens with zero attached hydrogens (tertiary/aromatic N) is 2. The highest BCUT2D eigenvalue weighted by molar-refractivity contribution is 5.99. The molecule has 6 rings (SSSR count). The van der Waals surface area contributed by atoms with Gasteiger partial charge in [0, 0.05) is 23.0 Å². The molecule has 4 aliphatic carbocycles. The largest absolute Gasteiger partial charge is 0.457 e. The third kappa shape index (κ3) is 3.40. The summed E-state index contributed by atoms with van der Waals surface area (Å²) < 4.78 is 12.5. The van der Waals surface area contributed by atoms with Crippen molar-refractivity contribution >= 4 is 11.8 Å². The first-order valence-corrected chi connectivity index (χ1v) is 11.1. The molecule has 0 atom stereocenters. The summed E-state index contributed by atoms with van der Waals surface area (Å²) in [6.45, 7) is 5.43. The van der Waals surface area contributed by atoms with Crippen LogP contribution >= 0.6 is 0 Å². The van der Waals surface area contributed by atoms with Crippen LogP contribution in [-0.4, -0.2) is 28.1 Å². The smallest absolute Gasteiger partial charge is 0.306 e. The number of ketones is 1. The van der Waals surface area contributed by atoms with Crippen LogP contribution in [0.1, 0.15) is 72.5 Å². The molecule has 0 amide bonds. The van der Waals surface area contributed by atoms with Crippen LogP contribution in [0.15, 0.2) is 16.7 Å². The first-order chi connectivity index (χ1) is 14.3. The van der Waals surface area contributed by atoms with E-state index in [0.717, 1.165) is 29.1 Å². The molecule has 30 heavy (non-hydrogen) atoms. The standard InChI is InChI=1S/C24H30N2O4/c1-14-4-20(16(3)26(14)22-5-15(2)30-25-22)21(27)13-29-23(28)12-24-9-17-6-18(10-24)8-19(7-17)11-24/h4-5,17-19H,6-13H2,1-3H3. The summed E-state index contributed by atoms with van der Waals surface area (Å²) >= 11 is 0. The van der Waals surface area contributed by atoms with Crippen LogP contribution < -0.4 is 0 Å². The van der Waals surface area contributed by atoms with Crippen molar-refractivity contribution in [1.82, 2.24) is 9.72 Å². The molecule has 0 aliphatic heterocycles. The van der Waals surface area contributed by atoms with Gasteiger partial charge in [-0.2, -0.15) is 0 Å². The average molecular weight is 411 g/mol. The number of ether oxygens (including phenoxy) is 1. The fourth-order valence-electron chi connectivity index (χ4n) is 6.94. The highest BCUT2D eigenvalue weighted by atomic mass is 16.5. The van der Waals surface area contributed by atoms with E-state index < -0.39 is 0 Å². The molecule has 0 saturated heterocycles. The maximum absolute atomic E-state index is 12.8. The minimum Gasteiger partial charge on any atom is -0.457 e. The second-order valence-corrected chi connectivity index (χ2v) is 10.1. The third-order valence-electron chi connectivity index (χ3n) is 7.62. The van der Waals surface area contributed by atoms with Gasteiger partial charge in [-0.15, -0.1) is 0 Å². The molecule has 0 unspecified atom stereocenters. The first-order valence-electron chi connectivity index (χ1n) is 11.1. The second-order valence-electron chi connectivity index (χ2n) is 10.1. The Balaban J connectivity index is 1.23. The summed E-state index contributed by atoms with van der Waals surface area (Å²) in [5.41, 5.74) is 2.37. The number of carbonyl (C=O) groups excluding carboxylic acids is 2. The Morgan fingerprint density at radius 2 is 1.73 bits per heavy atom. The van der Waals surface area contributed by atoms with Crippen molar-refractivity contribution in [2.24, 2.45) is 23.2 Å². The zero-order valence-corrected chi connectivity index (χ0v) is 18.1. The van der Waals surface area contributed by atoms with E-state index in [-0.39, 0.29) is 23.8 Å². The molecule has 4 fully saturated rings. The van der Waals surface area contributed by atoms with Gasteiger partial charge in [-0.1, -0.05) is 5.16 Å². The minimum atomic E-state index is -0.216. The van der Waals surface area contributed by atoms with E-state index in [1.807, 2.05) is 37.5 Å². The molecular weight excluding hydrogens is 380 g/mol. The Morgan fingerprint density at radius 3 is 2.30 bits per heavy atom. The number of esters is 1. The lowest BCUT2D eigenvalue weighted by Crippen LogP contribution is -2.47. The number of Topliss-reactive ketones (excluding diaryl/α,β-unsaturated/α-hetero) is 1. The number of rotatable bonds is 6. The molecule has 6 heteroatoms. The van der Waals surface area contributed by atoms with Crippen molar-refractivity contribution in [2.75, 3.05) is 6.61 Å². The molecule has 2 aromatic heterocycles. The van der Waals surface area contributed by atoms with Crippen molar-refractivity contribution in [3.05, 3.63) is 34.8 Å². The molecule has 2 aromatic rings. The maximum Gasteiger partial charge on any atom is 0.306 e. The van der Waals surface area contributed by atoms with Crippen molar-refractivity contribution in [3.8, 4) is 5.82 Å². The van der Waals surface area contributed by atoms with E-state index >= 15 is 0 Å². The quantitative estimate of drug-likeness (QED) is 0.509. The molecule has 0 radical (unpaired) electrons. The zero-order chi connectivity index (χ0) is 21.0. The predicted molar refractivity (Wildman–Crippen MR) is 111 cm³/mol. The Bertz CT molecular complexity index is 964. The maximum atomic E-state index is 12.8. The molecule has 6 nitrogen and oxygen atoms in total. The van der Waals surface area contributed by atoms with Gasteiger partial charge in [-0.3, -0.25) is 14.2 Å². The minimum absolute atomic E-state index is 0.134. The van der Waals surface area contributed by atoms with Crippen LogP contribution in [0.4, 0.5) is 0 Å². The van der Waals surface area contributed by atoms with Crippen LogP contribution in [0, 0.1) is 43.9 Å². The molecule has 4 bridgehead atoms. The van der Waals surface area contributed by atoms with E-state index in [1.165, 1.54) is 38.5 Å². The van der Waals surface area contributed by atoms with Crippen LogP contribution in [0.3, 0.4) is 0 Å². The van der Waals surface area contributed by atoms with Crippen LogP contribution in [0.5, 0.6) is 0 Å². The third-order valence-corrected chi connectivity index (χ3v) is 7.62. The van der Waals surface area contributed by atoms with E-state index in [0.29, 0.717) is 23.6 Å². The zero-order valence-electron chi connectivity index (χ0n) is 18.1. The van der Waals surface area contributed by atoms with Crippen molar-refractivity contribution in [2.45, 2.75) is 65.7 Å². The molecular formula is C24H30N2O4. The normalized spacial score (nSPS) is 29.4. The Morgan fingerprint density at radius 1 is 1.10 bits per heavy atom. The number of hydrogen-bond donors (Lipinski definition) is 0. The second kappa shape index (κ2) is 7.10. The SMILES string of the molecule is Cc1cc(-n2c(C)cc(C(=O)COC(=O)CC34CC5CC(CC(C5)C3)C4)c2C)no1. The lowest BCUT2D eigenvalue weighted by Gasteiger charge is -2.56. The Hall–Kier alpha value is -2.37. The van der Waals surface area contributed by atoms with E-state index in [9.17, 15) is 9.59 Å². The van der Waals surface area contributed by atoms with E-state index in [2.05, 4.69) is 5.16 Å². The van der Waals surface area contributed by atoms with Crippen molar-refractivity contribution < 1.29 is 18.8 Å². The molecule has 160 valence electrons. The molecule has 4 saturated carbocycles. The van der Waals surface area contributed by atoms with Gasteiger partial charge in [-0.25, -0.2) is 0 Å². The van der Waals surface area contributed by atoms with Gasteiger partial charge >= 0.3 is 5.97 Å². The fourth-order valence-corrected chi connectivity index (χ4v) is 6.94. The Labute approximate surface area is 176 Å². The average Bonchev–Trinajstić information content (AvgIpc) is 3.20. The summed E-state index contributed by atoms with van der Waals surface area (Å²) in [6.07, 6.45) is 8.04. The van der Waals surface area contributed by atoms with Crippen LogP contribution in [-0.2, 0) is 9.53 Å². The van der Waals surface area contributed by atoms with Crippen molar-refractivity contribution in [1.29, 1.82) is 0 Å². The fraction of sp³-hybridized carbons (Fsp3) is 0.625. The summed E-state index contributed by atoms with van der Waals surface area (Å²) in [7, 11) is 0. The first kappa shape index (κ1) is 19.6. The summed E-state index contributed by atoms with van der Waals surface area (Å²) in [5, 5.41) is 4.05. The predicted octanol–water partition coefficient (Wildman–Crippen LogP) is 4.72. The molecule has 4 aliphatic rings. The molecule has 0 aromatic carbocycles. The van der Waals surface area contributed by atoms with Crippen LogP contribution in [0.25, 0.3) is 5.82 Å². The van der Waals surface area contributed by atoms with E-state index in [4.69, 9.17) is 9.26 Å². The van der Waals surface area contributed by atoms with Gasteiger partial charge in [0.1, 0.15) is 5.76 Å². The number of aromatic nitrogens is 2. The van der Waals surface area contributed by atoms with Gasteiger partial charge in [-0.05, 0) is 88.5 Å². The van der Waals surface area contributed by atoms with Gasteiger partial charge < -0.3 is 9.26 Å². The summed E-state index contributed by atoms with van der Waals surface area (Å²) in [4.78, 5) is 25.4. The monoisotopic (exact) mass is 410 g/mol. The molecule has 0 N–H and O–H groups in total. The number of carbonyl (C=O) groups is 2.